The number of hydrogen-bond acceptors (Lipinski definition) is 3. The Bertz CT molecular complexity index is 543. The highest BCUT2D eigenvalue weighted by Gasteiger charge is 2.09. The number of unbranched alkanes of at least 4 members (excludes halogenated alkanes) is 1. The Hall–Kier alpha value is -2.57. The van der Waals surface area contributed by atoms with Gasteiger partial charge in [0.15, 0.2) is 5.82 Å². The van der Waals surface area contributed by atoms with E-state index in [1.165, 1.54) is 0 Å². The van der Waals surface area contributed by atoms with Crippen LogP contribution < -0.4 is 11.1 Å². The number of aromatic amines is 1. The molecular formula is C13H18N4O3. The van der Waals surface area contributed by atoms with Crippen molar-refractivity contribution in [3.05, 3.63) is 30.1 Å². The van der Waals surface area contributed by atoms with Gasteiger partial charge in [-0.3, -0.25) is 4.79 Å². The SMILES string of the molecule is CCCCNC(=O)c1nc2ccccc2[nH]1.NC(=O)O. The summed E-state index contributed by atoms with van der Waals surface area (Å²) in [5.41, 5.74) is 5.74. The van der Waals surface area contributed by atoms with Crippen LogP contribution in [0.5, 0.6) is 0 Å². The molecule has 0 aliphatic carbocycles. The zero-order valence-electron chi connectivity index (χ0n) is 11.2. The van der Waals surface area contributed by atoms with Crippen LogP contribution in [0, 0.1) is 0 Å². The molecule has 7 nitrogen and oxygen atoms in total. The van der Waals surface area contributed by atoms with Crippen LogP contribution in [-0.2, 0) is 0 Å². The summed E-state index contributed by atoms with van der Waals surface area (Å²) >= 11 is 0. The first-order chi connectivity index (χ1) is 9.54. The smallest absolute Gasteiger partial charge is 0.402 e. The van der Waals surface area contributed by atoms with Crippen molar-refractivity contribution in [2.75, 3.05) is 6.54 Å². The Morgan fingerprint density at radius 3 is 2.65 bits per heavy atom. The van der Waals surface area contributed by atoms with Gasteiger partial charge < -0.3 is 21.1 Å². The zero-order valence-corrected chi connectivity index (χ0v) is 11.2. The minimum atomic E-state index is -1.33. The lowest BCUT2D eigenvalue weighted by Crippen LogP contribution is -2.25. The Morgan fingerprint density at radius 2 is 2.05 bits per heavy atom. The summed E-state index contributed by atoms with van der Waals surface area (Å²) < 4.78 is 0. The van der Waals surface area contributed by atoms with Gasteiger partial charge in [0, 0.05) is 6.54 Å². The van der Waals surface area contributed by atoms with Crippen LogP contribution in [0.4, 0.5) is 4.79 Å². The number of amides is 2. The number of primary amides is 1. The minimum absolute atomic E-state index is 0.135. The molecule has 0 saturated carbocycles. The largest absolute Gasteiger partial charge is 0.465 e. The second-order valence-electron chi connectivity index (χ2n) is 4.05. The third-order valence-corrected chi connectivity index (χ3v) is 2.42. The van der Waals surface area contributed by atoms with Crippen molar-refractivity contribution in [1.82, 2.24) is 15.3 Å². The summed E-state index contributed by atoms with van der Waals surface area (Å²) in [6, 6.07) is 7.61. The molecule has 5 N–H and O–H groups in total. The molecule has 20 heavy (non-hydrogen) atoms. The van der Waals surface area contributed by atoms with Crippen LogP contribution in [-0.4, -0.2) is 33.6 Å². The third kappa shape index (κ3) is 4.97. The fourth-order valence-electron chi connectivity index (χ4n) is 1.52. The molecule has 1 aromatic carbocycles. The predicted octanol–water partition coefficient (Wildman–Crippen LogP) is 1.72. The van der Waals surface area contributed by atoms with E-state index < -0.39 is 6.09 Å². The van der Waals surface area contributed by atoms with Crippen molar-refractivity contribution in [2.24, 2.45) is 5.73 Å². The van der Waals surface area contributed by atoms with Crippen molar-refractivity contribution in [2.45, 2.75) is 19.8 Å². The van der Waals surface area contributed by atoms with Crippen LogP contribution in [0.15, 0.2) is 24.3 Å². The lowest BCUT2D eigenvalue weighted by Gasteiger charge is -2.00. The number of imidazole rings is 1. The number of rotatable bonds is 4. The summed E-state index contributed by atoms with van der Waals surface area (Å²) in [6.07, 6.45) is 0.729. The van der Waals surface area contributed by atoms with Crippen LogP contribution in [0.3, 0.4) is 0 Å². The van der Waals surface area contributed by atoms with Gasteiger partial charge in [0.2, 0.25) is 0 Å². The molecule has 2 rings (SSSR count). The third-order valence-electron chi connectivity index (χ3n) is 2.42. The number of fused-ring (bicyclic) bond motifs is 1. The van der Waals surface area contributed by atoms with E-state index in [0.29, 0.717) is 12.4 Å². The van der Waals surface area contributed by atoms with E-state index in [-0.39, 0.29) is 5.91 Å². The van der Waals surface area contributed by atoms with Gasteiger partial charge >= 0.3 is 6.09 Å². The molecule has 2 aromatic rings. The number of nitrogens with one attached hydrogen (secondary N) is 2. The number of H-pyrrole nitrogens is 1. The topological polar surface area (TPSA) is 121 Å². The van der Waals surface area contributed by atoms with Gasteiger partial charge in [-0.05, 0) is 18.6 Å². The van der Waals surface area contributed by atoms with Crippen molar-refractivity contribution < 1.29 is 14.7 Å². The second-order valence-corrected chi connectivity index (χ2v) is 4.05. The average molecular weight is 278 g/mol. The zero-order chi connectivity index (χ0) is 15.0. The second kappa shape index (κ2) is 7.78. The maximum atomic E-state index is 11.7. The summed E-state index contributed by atoms with van der Waals surface area (Å²) in [6.45, 7) is 2.79. The fraction of sp³-hybridized carbons (Fsp3) is 0.308. The van der Waals surface area contributed by atoms with E-state index in [4.69, 9.17) is 9.90 Å². The van der Waals surface area contributed by atoms with E-state index in [1.807, 2.05) is 24.3 Å². The predicted molar refractivity (Wildman–Crippen MR) is 75.5 cm³/mol. The molecule has 108 valence electrons. The van der Waals surface area contributed by atoms with E-state index in [1.54, 1.807) is 0 Å². The number of para-hydroxylation sites is 2. The highest BCUT2D eigenvalue weighted by Crippen LogP contribution is 2.09. The first-order valence-corrected chi connectivity index (χ1v) is 6.26. The van der Waals surface area contributed by atoms with Gasteiger partial charge in [0.1, 0.15) is 0 Å². The van der Waals surface area contributed by atoms with Gasteiger partial charge in [0.05, 0.1) is 11.0 Å². The minimum Gasteiger partial charge on any atom is -0.465 e. The maximum absolute atomic E-state index is 11.7. The summed E-state index contributed by atoms with van der Waals surface area (Å²) in [5, 5.41) is 10.0. The molecule has 0 spiro atoms. The van der Waals surface area contributed by atoms with E-state index in [0.717, 1.165) is 23.9 Å². The number of nitrogens with zero attached hydrogens (tertiary/aromatic N) is 1. The molecule has 1 heterocycles. The average Bonchev–Trinajstić information content (AvgIpc) is 2.82. The number of carboxylic acid groups (broad SMARTS) is 1. The first-order valence-electron chi connectivity index (χ1n) is 6.26. The normalized spacial score (nSPS) is 9.65. The number of nitrogens with two attached hydrogens (primary N) is 1. The van der Waals surface area contributed by atoms with Crippen molar-refractivity contribution in [3.8, 4) is 0 Å². The van der Waals surface area contributed by atoms with Crippen LogP contribution in [0.2, 0.25) is 0 Å². The van der Waals surface area contributed by atoms with Gasteiger partial charge in [-0.15, -0.1) is 0 Å². The van der Waals surface area contributed by atoms with E-state index in [9.17, 15) is 4.79 Å². The molecule has 0 fully saturated rings. The highest BCUT2D eigenvalue weighted by atomic mass is 16.4. The first kappa shape index (κ1) is 15.5. The van der Waals surface area contributed by atoms with Gasteiger partial charge in [0.25, 0.3) is 5.91 Å². The number of hydrogen-bond donors (Lipinski definition) is 4. The number of benzene rings is 1. The van der Waals surface area contributed by atoms with Gasteiger partial charge in [-0.2, -0.15) is 0 Å². The molecule has 0 unspecified atom stereocenters. The lowest BCUT2D eigenvalue weighted by atomic mass is 10.3. The molecule has 0 aliphatic rings. The molecule has 0 aliphatic heterocycles. The molecule has 1 aromatic heterocycles. The number of aromatic nitrogens is 2. The quantitative estimate of drug-likeness (QED) is 0.636. The maximum Gasteiger partial charge on any atom is 0.402 e. The summed E-state index contributed by atoms with van der Waals surface area (Å²) in [7, 11) is 0. The van der Waals surface area contributed by atoms with Gasteiger partial charge in [-0.1, -0.05) is 25.5 Å². The van der Waals surface area contributed by atoms with Gasteiger partial charge in [-0.25, -0.2) is 9.78 Å². The van der Waals surface area contributed by atoms with Crippen molar-refractivity contribution in [3.63, 3.8) is 0 Å². The molecule has 2 amide bonds. The molecular weight excluding hydrogens is 260 g/mol. The molecule has 0 radical (unpaired) electrons. The van der Waals surface area contributed by atoms with Crippen LogP contribution >= 0.6 is 0 Å². The molecule has 0 atom stereocenters. The van der Waals surface area contributed by atoms with Crippen molar-refractivity contribution in [1.29, 1.82) is 0 Å². The van der Waals surface area contributed by atoms with Crippen molar-refractivity contribution >= 4 is 23.0 Å². The Morgan fingerprint density at radius 1 is 1.40 bits per heavy atom. The summed E-state index contributed by atoms with van der Waals surface area (Å²) in [5.74, 6) is 0.252. The molecule has 0 bridgehead atoms. The molecule has 0 saturated heterocycles. The molecule has 7 heteroatoms. The summed E-state index contributed by atoms with van der Waals surface area (Å²) in [4.78, 5) is 27.7. The number of carbonyl (C=O) groups is 2. The fourth-order valence-corrected chi connectivity index (χ4v) is 1.52. The Labute approximate surface area is 116 Å². The van der Waals surface area contributed by atoms with E-state index >= 15 is 0 Å². The Balaban J connectivity index is 0.000000444. The standard InChI is InChI=1S/C12H15N3O.CH3NO2/c1-2-3-8-13-12(16)11-14-9-6-4-5-7-10(9)15-11;2-1(3)4/h4-7H,2-3,8H2,1H3,(H,13,16)(H,14,15);2H2,(H,3,4). The number of carbonyl (C=O) groups excluding carboxylic acids is 1. The Kier molecular flexibility index (Phi) is 6.02. The van der Waals surface area contributed by atoms with E-state index in [2.05, 4.69) is 27.9 Å². The highest BCUT2D eigenvalue weighted by molar-refractivity contribution is 5.94. The van der Waals surface area contributed by atoms with Crippen LogP contribution in [0.25, 0.3) is 11.0 Å². The lowest BCUT2D eigenvalue weighted by molar-refractivity contribution is 0.0944. The monoisotopic (exact) mass is 278 g/mol. The van der Waals surface area contributed by atoms with Crippen LogP contribution in [0.1, 0.15) is 30.4 Å².